The fourth-order valence-corrected chi connectivity index (χ4v) is 2.70. The van der Waals surface area contributed by atoms with Gasteiger partial charge in [0, 0.05) is 25.8 Å². The maximum absolute atomic E-state index is 3.33. The van der Waals surface area contributed by atoms with Crippen LogP contribution in [0.1, 0.15) is 24.0 Å². The Morgan fingerprint density at radius 3 is 2.56 bits per heavy atom. The molecule has 1 aromatic carbocycles. The van der Waals surface area contributed by atoms with Crippen molar-refractivity contribution in [3.05, 3.63) is 29.3 Å². The molecular formula is C14H20N2. The second kappa shape index (κ2) is 4.10. The van der Waals surface area contributed by atoms with Gasteiger partial charge in [0.2, 0.25) is 0 Å². The van der Waals surface area contributed by atoms with Crippen LogP contribution in [-0.4, -0.2) is 26.2 Å². The predicted octanol–water partition coefficient (Wildman–Crippen LogP) is 1.97. The number of hydrogen-bond acceptors (Lipinski definition) is 2. The van der Waals surface area contributed by atoms with E-state index in [9.17, 15) is 0 Å². The molecular weight excluding hydrogens is 196 g/mol. The fraction of sp³-hybridized carbons (Fsp3) is 0.571. The zero-order valence-corrected chi connectivity index (χ0v) is 10.00. The number of nitrogens with one attached hydrogen (secondary N) is 1. The average molecular weight is 216 g/mol. The number of aryl methyl sites for hydroxylation is 2. The molecule has 1 fully saturated rings. The molecule has 1 heterocycles. The molecule has 0 atom stereocenters. The maximum Gasteiger partial charge on any atom is 0.0535 e. The third-order valence-corrected chi connectivity index (χ3v) is 4.05. The minimum atomic E-state index is 0.696. The van der Waals surface area contributed by atoms with Crippen LogP contribution in [0.2, 0.25) is 0 Å². The fourth-order valence-electron chi connectivity index (χ4n) is 2.70. The molecule has 2 aliphatic rings. The van der Waals surface area contributed by atoms with E-state index in [-0.39, 0.29) is 0 Å². The van der Waals surface area contributed by atoms with E-state index in [1.165, 1.54) is 31.4 Å². The number of hydrogen-bond donors (Lipinski definition) is 1. The smallest absolute Gasteiger partial charge is 0.0535 e. The molecule has 1 N–H and O–H groups in total. The van der Waals surface area contributed by atoms with Gasteiger partial charge in [0.05, 0.1) is 6.04 Å². The lowest BCUT2D eigenvalue weighted by Crippen LogP contribution is -2.56. The van der Waals surface area contributed by atoms with Crippen molar-refractivity contribution in [1.29, 1.82) is 0 Å². The molecule has 0 bridgehead atoms. The Morgan fingerprint density at radius 2 is 1.88 bits per heavy atom. The molecule has 1 aromatic rings. The van der Waals surface area contributed by atoms with Crippen molar-refractivity contribution in [2.45, 2.75) is 31.7 Å². The lowest BCUT2D eigenvalue weighted by molar-refractivity contribution is 0.428. The Kier molecular flexibility index (Phi) is 2.60. The van der Waals surface area contributed by atoms with Gasteiger partial charge in [-0.1, -0.05) is 6.07 Å². The van der Waals surface area contributed by atoms with Gasteiger partial charge in [-0.3, -0.25) is 0 Å². The second-order valence-corrected chi connectivity index (χ2v) is 5.08. The number of likely N-dealkylation sites (N-methyl/N-ethyl adjacent to an activating group) is 1. The summed E-state index contributed by atoms with van der Waals surface area (Å²) in [6, 6.07) is 7.74. The Hall–Kier alpha value is -1.02. The van der Waals surface area contributed by atoms with E-state index in [1.807, 2.05) is 0 Å². The molecule has 0 aromatic heterocycles. The predicted molar refractivity (Wildman–Crippen MR) is 68.1 cm³/mol. The van der Waals surface area contributed by atoms with Crippen molar-refractivity contribution in [1.82, 2.24) is 5.32 Å². The van der Waals surface area contributed by atoms with Gasteiger partial charge in [-0.15, -0.1) is 0 Å². The summed E-state index contributed by atoms with van der Waals surface area (Å²) in [6.07, 6.45) is 5.30. The van der Waals surface area contributed by atoms with Crippen LogP contribution in [0.25, 0.3) is 0 Å². The Balaban J connectivity index is 1.84. The lowest BCUT2D eigenvalue weighted by Gasteiger charge is -2.37. The largest absolute Gasteiger partial charge is 0.369 e. The molecule has 3 rings (SSSR count). The molecule has 0 spiro atoms. The normalized spacial score (nSPS) is 20.1. The van der Waals surface area contributed by atoms with Crippen LogP contribution >= 0.6 is 0 Å². The van der Waals surface area contributed by atoms with E-state index in [4.69, 9.17) is 0 Å². The zero-order chi connectivity index (χ0) is 11.0. The Labute approximate surface area is 97.6 Å². The standard InChI is InChI=1S/C14H20N2/c1-16(14-9-15-10-14)13-7-6-11-4-2-3-5-12(11)8-13/h6-8,14-15H,2-5,9-10H2,1H3. The summed E-state index contributed by atoms with van der Waals surface area (Å²) in [7, 11) is 2.22. The number of anilines is 1. The quantitative estimate of drug-likeness (QED) is 0.813. The van der Waals surface area contributed by atoms with E-state index in [0.717, 1.165) is 13.1 Å². The minimum Gasteiger partial charge on any atom is -0.369 e. The highest BCUT2D eigenvalue weighted by atomic mass is 15.2. The molecule has 0 amide bonds. The van der Waals surface area contributed by atoms with Crippen molar-refractivity contribution in [3.63, 3.8) is 0 Å². The van der Waals surface area contributed by atoms with Crippen molar-refractivity contribution in [2.75, 3.05) is 25.0 Å². The molecule has 0 saturated carbocycles. The highest BCUT2D eigenvalue weighted by Crippen LogP contribution is 2.26. The van der Waals surface area contributed by atoms with Crippen LogP contribution < -0.4 is 10.2 Å². The van der Waals surface area contributed by atoms with Gasteiger partial charge in [-0.2, -0.15) is 0 Å². The molecule has 1 aliphatic heterocycles. The molecule has 1 aliphatic carbocycles. The summed E-state index contributed by atoms with van der Waals surface area (Å²) < 4.78 is 0. The first-order valence-corrected chi connectivity index (χ1v) is 6.40. The van der Waals surface area contributed by atoms with Gasteiger partial charge in [-0.05, 0) is 48.9 Å². The zero-order valence-electron chi connectivity index (χ0n) is 10.00. The van der Waals surface area contributed by atoms with Crippen LogP contribution in [0, 0.1) is 0 Å². The van der Waals surface area contributed by atoms with Crippen LogP contribution in [0.4, 0.5) is 5.69 Å². The summed E-state index contributed by atoms with van der Waals surface area (Å²) >= 11 is 0. The van der Waals surface area contributed by atoms with E-state index in [1.54, 1.807) is 11.1 Å². The van der Waals surface area contributed by atoms with Crippen LogP contribution in [0.3, 0.4) is 0 Å². The summed E-state index contributed by atoms with van der Waals surface area (Å²) in [5.74, 6) is 0. The molecule has 2 heteroatoms. The van der Waals surface area contributed by atoms with Crippen molar-refractivity contribution < 1.29 is 0 Å². The van der Waals surface area contributed by atoms with E-state index >= 15 is 0 Å². The average Bonchev–Trinajstić information content (AvgIpc) is 2.26. The summed E-state index contributed by atoms with van der Waals surface area (Å²) in [5, 5.41) is 3.33. The number of nitrogens with zero attached hydrogens (tertiary/aromatic N) is 1. The maximum atomic E-state index is 3.33. The lowest BCUT2D eigenvalue weighted by atomic mass is 9.91. The minimum absolute atomic E-state index is 0.696. The molecule has 0 radical (unpaired) electrons. The van der Waals surface area contributed by atoms with Gasteiger partial charge in [0.15, 0.2) is 0 Å². The number of fused-ring (bicyclic) bond motifs is 1. The van der Waals surface area contributed by atoms with Gasteiger partial charge in [-0.25, -0.2) is 0 Å². The Morgan fingerprint density at radius 1 is 1.12 bits per heavy atom. The van der Waals surface area contributed by atoms with E-state index in [0.29, 0.717) is 6.04 Å². The van der Waals surface area contributed by atoms with Gasteiger partial charge in [0.25, 0.3) is 0 Å². The van der Waals surface area contributed by atoms with Gasteiger partial charge >= 0.3 is 0 Å². The van der Waals surface area contributed by atoms with Crippen LogP contribution in [-0.2, 0) is 12.8 Å². The number of rotatable bonds is 2. The molecule has 16 heavy (non-hydrogen) atoms. The monoisotopic (exact) mass is 216 g/mol. The third kappa shape index (κ3) is 1.71. The van der Waals surface area contributed by atoms with Crippen LogP contribution in [0.5, 0.6) is 0 Å². The van der Waals surface area contributed by atoms with Crippen molar-refractivity contribution >= 4 is 5.69 Å². The highest BCUT2D eigenvalue weighted by molar-refractivity contribution is 5.52. The SMILES string of the molecule is CN(c1ccc2c(c1)CCCC2)C1CNC1. The second-order valence-electron chi connectivity index (χ2n) is 5.08. The highest BCUT2D eigenvalue weighted by Gasteiger charge is 2.22. The van der Waals surface area contributed by atoms with Crippen molar-refractivity contribution in [2.24, 2.45) is 0 Å². The number of benzene rings is 1. The molecule has 0 unspecified atom stereocenters. The first-order valence-electron chi connectivity index (χ1n) is 6.40. The molecule has 1 saturated heterocycles. The summed E-state index contributed by atoms with van der Waals surface area (Å²) in [5.41, 5.74) is 4.56. The van der Waals surface area contributed by atoms with E-state index < -0.39 is 0 Å². The first kappa shape index (κ1) is 10.2. The Bertz CT molecular complexity index is 382. The molecule has 86 valence electrons. The first-order chi connectivity index (χ1) is 7.84. The van der Waals surface area contributed by atoms with Gasteiger partial charge < -0.3 is 10.2 Å². The van der Waals surface area contributed by atoms with Gasteiger partial charge in [0.1, 0.15) is 0 Å². The summed E-state index contributed by atoms with van der Waals surface area (Å²) in [6.45, 7) is 2.27. The molecule has 2 nitrogen and oxygen atoms in total. The van der Waals surface area contributed by atoms with Crippen LogP contribution in [0.15, 0.2) is 18.2 Å². The third-order valence-electron chi connectivity index (χ3n) is 4.05. The summed E-state index contributed by atoms with van der Waals surface area (Å²) in [4.78, 5) is 2.42. The topological polar surface area (TPSA) is 15.3 Å². The van der Waals surface area contributed by atoms with E-state index in [2.05, 4.69) is 35.5 Å². The van der Waals surface area contributed by atoms with Crippen molar-refractivity contribution in [3.8, 4) is 0 Å².